The first-order valence-corrected chi connectivity index (χ1v) is 7.39. The summed E-state index contributed by atoms with van der Waals surface area (Å²) in [6.45, 7) is 3.43. The number of hydrogen-bond donors (Lipinski definition) is 3. The average Bonchev–Trinajstić information content (AvgIpc) is 2.40. The van der Waals surface area contributed by atoms with Gasteiger partial charge in [0.25, 0.3) is 0 Å². The number of carbonyl (C=O) groups is 2. The fourth-order valence-corrected chi connectivity index (χ4v) is 2.66. The van der Waals surface area contributed by atoms with E-state index in [1.54, 1.807) is 19.9 Å². The number of carboxylic acid groups (broad SMARTS) is 1. The van der Waals surface area contributed by atoms with Gasteiger partial charge in [-0.3, -0.25) is 9.59 Å². The molecule has 0 aliphatic carbocycles. The molecule has 21 heavy (non-hydrogen) atoms. The number of carbonyl (C=O) groups excluding carboxylic acids is 1. The summed E-state index contributed by atoms with van der Waals surface area (Å²) in [4.78, 5) is 22.6. The highest BCUT2D eigenvalue weighted by Crippen LogP contribution is 2.28. The summed E-state index contributed by atoms with van der Waals surface area (Å²) in [6.07, 6.45) is 0.148. The topological polar surface area (TPSA) is 92.4 Å². The molecular formula is C14H19FN2O3S. The number of para-hydroxylation sites is 1. The third-order valence-electron chi connectivity index (χ3n) is 2.97. The molecule has 0 saturated heterocycles. The fraction of sp³-hybridized carbons (Fsp3) is 0.429. The van der Waals surface area contributed by atoms with E-state index >= 15 is 0 Å². The van der Waals surface area contributed by atoms with E-state index in [0.717, 1.165) is 0 Å². The number of benzene rings is 1. The summed E-state index contributed by atoms with van der Waals surface area (Å²) in [5, 5.41) is 11.4. The van der Waals surface area contributed by atoms with Gasteiger partial charge in [-0.25, -0.2) is 4.39 Å². The van der Waals surface area contributed by atoms with Gasteiger partial charge in [0.15, 0.2) is 0 Å². The van der Waals surface area contributed by atoms with Crippen LogP contribution in [0.5, 0.6) is 0 Å². The van der Waals surface area contributed by atoms with Crippen LogP contribution in [0.25, 0.3) is 0 Å². The standard InChI is InChI=1S/C14H19FN2O3S/c1-14(2,12(16)13(19)20)21-8-7-11(18)17-10-6-4-3-5-9(10)15/h3-6,12H,7-8,16H2,1-2H3,(H,17,18)(H,19,20)/t12-/m1/s1. The number of thioether (sulfide) groups is 1. The SMILES string of the molecule is CC(C)(SCCC(=O)Nc1ccccc1F)[C@H](N)C(=O)O. The van der Waals surface area contributed by atoms with Gasteiger partial charge in [-0.1, -0.05) is 12.1 Å². The van der Waals surface area contributed by atoms with Crippen LogP contribution in [0, 0.1) is 5.82 Å². The molecule has 0 aliphatic rings. The van der Waals surface area contributed by atoms with E-state index in [4.69, 9.17) is 10.8 Å². The quantitative estimate of drug-likeness (QED) is 0.716. The molecule has 1 aromatic rings. The Labute approximate surface area is 127 Å². The first-order chi connectivity index (χ1) is 9.74. The van der Waals surface area contributed by atoms with Crippen molar-refractivity contribution < 1.29 is 19.1 Å². The van der Waals surface area contributed by atoms with E-state index in [1.165, 1.54) is 30.0 Å². The number of aliphatic carboxylic acids is 1. The number of nitrogens with one attached hydrogen (secondary N) is 1. The molecule has 0 unspecified atom stereocenters. The zero-order valence-electron chi connectivity index (χ0n) is 11.9. The van der Waals surface area contributed by atoms with Crippen molar-refractivity contribution in [2.24, 2.45) is 5.73 Å². The fourth-order valence-electron chi connectivity index (χ4n) is 1.57. The Kier molecular flexibility index (Phi) is 6.17. The van der Waals surface area contributed by atoms with E-state index in [-0.39, 0.29) is 18.0 Å². The average molecular weight is 314 g/mol. The van der Waals surface area contributed by atoms with Crippen LogP contribution in [0.3, 0.4) is 0 Å². The highest BCUT2D eigenvalue weighted by atomic mass is 32.2. The molecule has 0 heterocycles. The Morgan fingerprint density at radius 1 is 1.43 bits per heavy atom. The molecule has 0 aromatic heterocycles. The van der Waals surface area contributed by atoms with Crippen LogP contribution >= 0.6 is 11.8 Å². The lowest BCUT2D eigenvalue weighted by Crippen LogP contribution is -2.46. The molecule has 7 heteroatoms. The molecule has 1 amide bonds. The van der Waals surface area contributed by atoms with Gasteiger partial charge >= 0.3 is 5.97 Å². The Bertz CT molecular complexity index is 523. The number of rotatable bonds is 7. The van der Waals surface area contributed by atoms with Gasteiger partial charge in [0, 0.05) is 16.9 Å². The third kappa shape index (κ3) is 5.35. The molecule has 0 spiro atoms. The first kappa shape index (κ1) is 17.5. The molecule has 1 atom stereocenters. The van der Waals surface area contributed by atoms with Crippen LogP contribution in [-0.2, 0) is 9.59 Å². The number of hydrogen-bond acceptors (Lipinski definition) is 4. The monoisotopic (exact) mass is 314 g/mol. The van der Waals surface area contributed by atoms with Gasteiger partial charge in [-0.05, 0) is 26.0 Å². The molecule has 0 aliphatic heterocycles. The molecule has 5 nitrogen and oxygen atoms in total. The van der Waals surface area contributed by atoms with E-state index in [1.807, 2.05) is 0 Å². The van der Waals surface area contributed by atoms with Crippen LogP contribution in [0.15, 0.2) is 24.3 Å². The van der Waals surface area contributed by atoms with Crippen LogP contribution in [0.1, 0.15) is 20.3 Å². The highest BCUT2D eigenvalue weighted by molar-refractivity contribution is 8.00. The number of carboxylic acids is 1. The van der Waals surface area contributed by atoms with Crippen molar-refractivity contribution >= 4 is 29.3 Å². The van der Waals surface area contributed by atoms with Gasteiger partial charge in [-0.15, -0.1) is 0 Å². The molecule has 116 valence electrons. The second-order valence-corrected chi connectivity index (χ2v) is 6.79. The largest absolute Gasteiger partial charge is 0.480 e. The summed E-state index contributed by atoms with van der Waals surface area (Å²) < 4.78 is 12.7. The maximum absolute atomic E-state index is 13.4. The second kappa shape index (κ2) is 7.42. The second-order valence-electron chi connectivity index (χ2n) is 5.05. The maximum atomic E-state index is 13.4. The Morgan fingerprint density at radius 2 is 2.05 bits per heavy atom. The van der Waals surface area contributed by atoms with Gasteiger partial charge in [0.1, 0.15) is 11.9 Å². The lowest BCUT2D eigenvalue weighted by atomic mass is 10.1. The number of anilines is 1. The smallest absolute Gasteiger partial charge is 0.321 e. The Balaban J connectivity index is 2.44. The minimum atomic E-state index is -1.08. The Morgan fingerprint density at radius 3 is 2.62 bits per heavy atom. The molecule has 4 N–H and O–H groups in total. The predicted molar refractivity (Wildman–Crippen MR) is 81.8 cm³/mol. The minimum absolute atomic E-state index is 0.133. The van der Waals surface area contributed by atoms with E-state index in [9.17, 15) is 14.0 Å². The lowest BCUT2D eigenvalue weighted by molar-refractivity contribution is -0.139. The Hall–Kier alpha value is -1.60. The molecule has 1 aromatic carbocycles. The highest BCUT2D eigenvalue weighted by Gasteiger charge is 2.32. The van der Waals surface area contributed by atoms with Crippen LogP contribution < -0.4 is 11.1 Å². The first-order valence-electron chi connectivity index (χ1n) is 6.41. The summed E-state index contributed by atoms with van der Waals surface area (Å²) >= 11 is 1.30. The van der Waals surface area contributed by atoms with Gasteiger partial charge < -0.3 is 16.2 Å². The normalized spacial score (nSPS) is 12.8. The summed E-state index contributed by atoms with van der Waals surface area (Å²) in [5.41, 5.74) is 5.72. The van der Waals surface area contributed by atoms with Crippen LogP contribution in [0.4, 0.5) is 10.1 Å². The molecule has 0 radical (unpaired) electrons. The predicted octanol–water partition coefficient (Wildman–Crippen LogP) is 2.08. The van der Waals surface area contributed by atoms with Crippen molar-refractivity contribution in [1.82, 2.24) is 0 Å². The molecule has 0 fully saturated rings. The number of amides is 1. The lowest BCUT2D eigenvalue weighted by Gasteiger charge is -2.27. The zero-order valence-corrected chi connectivity index (χ0v) is 12.7. The van der Waals surface area contributed by atoms with Crippen molar-refractivity contribution in [3.63, 3.8) is 0 Å². The number of halogens is 1. The maximum Gasteiger partial charge on any atom is 0.321 e. The summed E-state index contributed by atoms with van der Waals surface area (Å²) in [7, 11) is 0. The van der Waals surface area contributed by atoms with Crippen molar-refractivity contribution in [2.75, 3.05) is 11.1 Å². The molecule has 0 saturated carbocycles. The van der Waals surface area contributed by atoms with Crippen LogP contribution in [0.2, 0.25) is 0 Å². The van der Waals surface area contributed by atoms with Crippen molar-refractivity contribution in [3.8, 4) is 0 Å². The number of nitrogens with two attached hydrogens (primary N) is 1. The van der Waals surface area contributed by atoms with Gasteiger partial charge in [-0.2, -0.15) is 11.8 Å². The summed E-state index contributed by atoms with van der Waals surface area (Å²) in [6, 6.07) is 4.89. The zero-order chi connectivity index (χ0) is 16.0. The van der Waals surface area contributed by atoms with E-state index < -0.39 is 22.6 Å². The third-order valence-corrected chi connectivity index (χ3v) is 4.37. The van der Waals surface area contributed by atoms with Crippen molar-refractivity contribution in [2.45, 2.75) is 31.1 Å². The van der Waals surface area contributed by atoms with Crippen molar-refractivity contribution in [3.05, 3.63) is 30.1 Å². The molecule has 0 bridgehead atoms. The van der Waals surface area contributed by atoms with E-state index in [2.05, 4.69) is 5.32 Å². The molecular weight excluding hydrogens is 295 g/mol. The van der Waals surface area contributed by atoms with Gasteiger partial charge in [0.2, 0.25) is 5.91 Å². The van der Waals surface area contributed by atoms with E-state index in [0.29, 0.717) is 5.75 Å². The summed E-state index contributed by atoms with van der Waals surface area (Å²) in [5.74, 6) is -1.50. The van der Waals surface area contributed by atoms with Crippen LogP contribution in [-0.4, -0.2) is 33.5 Å². The molecule has 1 rings (SSSR count). The van der Waals surface area contributed by atoms with Crippen molar-refractivity contribution in [1.29, 1.82) is 0 Å². The minimum Gasteiger partial charge on any atom is -0.480 e. The van der Waals surface area contributed by atoms with Gasteiger partial charge in [0.05, 0.1) is 5.69 Å².